The lowest BCUT2D eigenvalue weighted by molar-refractivity contribution is 0.582. The van der Waals surface area contributed by atoms with Crippen molar-refractivity contribution < 1.29 is 0 Å². The second-order valence-corrected chi connectivity index (χ2v) is 5.12. The summed E-state index contributed by atoms with van der Waals surface area (Å²) in [7, 11) is 0. The van der Waals surface area contributed by atoms with Gasteiger partial charge in [-0.1, -0.05) is 40.7 Å². The molecule has 0 fully saturated rings. The van der Waals surface area contributed by atoms with E-state index >= 15 is 0 Å². The van der Waals surface area contributed by atoms with E-state index in [1.807, 2.05) is 0 Å². The Morgan fingerprint density at radius 3 is 1.93 bits per heavy atom. The molecule has 2 N–H and O–H groups in total. The van der Waals surface area contributed by atoms with Crippen LogP contribution in [0.3, 0.4) is 0 Å². The van der Waals surface area contributed by atoms with Crippen LogP contribution in [0.25, 0.3) is 0 Å². The van der Waals surface area contributed by atoms with E-state index < -0.39 is 0 Å². The highest BCUT2D eigenvalue weighted by Crippen LogP contribution is 2.31. The Bertz CT molecular complexity index is 345. The summed E-state index contributed by atoms with van der Waals surface area (Å²) in [5.41, 5.74) is 11.4. The van der Waals surface area contributed by atoms with Crippen LogP contribution < -0.4 is 5.73 Å². The molecule has 1 heteroatoms. The van der Waals surface area contributed by atoms with Crippen molar-refractivity contribution in [2.75, 3.05) is 5.73 Å². The highest BCUT2D eigenvalue weighted by atomic mass is 14.6. The molecule has 0 aliphatic carbocycles. The van der Waals surface area contributed by atoms with Crippen molar-refractivity contribution in [2.24, 2.45) is 0 Å². The van der Waals surface area contributed by atoms with E-state index in [0.29, 0.717) is 0 Å². The molecular weight excluding hydrogens is 182 g/mol. The van der Waals surface area contributed by atoms with Gasteiger partial charge in [0, 0.05) is 5.69 Å². The van der Waals surface area contributed by atoms with E-state index in [1.165, 1.54) is 16.7 Å². The van der Waals surface area contributed by atoms with Gasteiger partial charge in [0.1, 0.15) is 0 Å². The highest BCUT2D eigenvalue weighted by Gasteiger charge is 2.19. The van der Waals surface area contributed by atoms with Crippen LogP contribution in [0, 0.1) is 0 Å². The summed E-state index contributed by atoms with van der Waals surface area (Å²) in [6.07, 6.45) is 2.10. The van der Waals surface area contributed by atoms with Crippen LogP contribution in [0.2, 0.25) is 0 Å². The van der Waals surface area contributed by atoms with Crippen LogP contribution in [0.1, 0.15) is 51.3 Å². The summed E-state index contributed by atoms with van der Waals surface area (Å²) in [5.74, 6) is 0. The topological polar surface area (TPSA) is 26.0 Å². The smallest absolute Gasteiger partial charge is 0.0349 e. The van der Waals surface area contributed by atoms with E-state index in [1.54, 1.807) is 0 Å². The van der Waals surface area contributed by atoms with Crippen molar-refractivity contribution in [1.29, 1.82) is 0 Å². The maximum Gasteiger partial charge on any atom is 0.0349 e. The molecule has 0 amide bonds. The van der Waals surface area contributed by atoms with Gasteiger partial charge in [-0.25, -0.2) is 0 Å². The van der Waals surface area contributed by atoms with Gasteiger partial charge < -0.3 is 5.73 Å². The van der Waals surface area contributed by atoms with Gasteiger partial charge in [0.2, 0.25) is 0 Å². The average Bonchev–Trinajstić information content (AvgIpc) is 2.15. The first-order chi connectivity index (χ1) is 6.91. The van der Waals surface area contributed by atoms with Crippen LogP contribution in [0.5, 0.6) is 0 Å². The lowest BCUT2D eigenvalue weighted by atomic mass is 9.80. The Labute approximate surface area is 93.7 Å². The summed E-state index contributed by atoms with van der Waals surface area (Å²) in [6.45, 7) is 11.2. The van der Waals surface area contributed by atoms with Gasteiger partial charge in [-0.15, -0.1) is 0 Å². The van der Waals surface area contributed by atoms with Crippen molar-refractivity contribution in [3.8, 4) is 0 Å². The molecule has 1 aromatic rings. The molecule has 0 saturated carbocycles. The molecule has 0 heterocycles. The second-order valence-electron chi connectivity index (χ2n) is 5.12. The average molecular weight is 205 g/mol. The SMILES string of the molecule is CCc1c(N)ccc(C(C)(C)C)c1CC. The molecule has 0 spiro atoms. The molecule has 0 unspecified atom stereocenters. The van der Waals surface area contributed by atoms with Crippen LogP contribution >= 0.6 is 0 Å². The van der Waals surface area contributed by atoms with Crippen LogP contribution in [-0.4, -0.2) is 0 Å². The molecular formula is C14H23N. The Morgan fingerprint density at radius 2 is 1.53 bits per heavy atom. The number of hydrogen-bond acceptors (Lipinski definition) is 1. The van der Waals surface area contributed by atoms with Crippen LogP contribution in [0.4, 0.5) is 5.69 Å². The fourth-order valence-electron chi connectivity index (χ4n) is 2.24. The van der Waals surface area contributed by atoms with Gasteiger partial charge in [0.05, 0.1) is 0 Å². The minimum absolute atomic E-state index is 0.211. The molecule has 15 heavy (non-hydrogen) atoms. The normalized spacial score (nSPS) is 11.8. The number of anilines is 1. The number of nitrogen functional groups attached to an aromatic ring is 1. The van der Waals surface area contributed by atoms with Gasteiger partial charge >= 0.3 is 0 Å². The molecule has 0 atom stereocenters. The number of hydrogen-bond donors (Lipinski definition) is 1. The van der Waals surface area contributed by atoms with E-state index in [4.69, 9.17) is 5.73 Å². The lowest BCUT2D eigenvalue weighted by Gasteiger charge is -2.25. The van der Waals surface area contributed by atoms with Gasteiger partial charge in [0.25, 0.3) is 0 Å². The lowest BCUT2D eigenvalue weighted by Crippen LogP contribution is -2.16. The maximum absolute atomic E-state index is 6.02. The fraction of sp³-hybridized carbons (Fsp3) is 0.571. The summed E-state index contributed by atoms with van der Waals surface area (Å²) in [6, 6.07) is 4.24. The zero-order chi connectivity index (χ0) is 11.6. The van der Waals surface area contributed by atoms with Crippen molar-refractivity contribution in [2.45, 2.75) is 52.9 Å². The third-order valence-electron chi connectivity index (χ3n) is 2.98. The van der Waals surface area contributed by atoms with Gasteiger partial charge in [0.15, 0.2) is 0 Å². The molecule has 1 nitrogen and oxygen atoms in total. The fourth-order valence-corrected chi connectivity index (χ4v) is 2.24. The molecule has 0 aliphatic heterocycles. The Balaban J connectivity index is 3.42. The summed E-state index contributed by atoms with van der Waals surface area (Å²) in [5, 5.41) is 0. The van der Waals surface area contributed by atoms with Gasteiger partial charge in [-0.2, -0.15) is 0 Å². The Hall–Kier alpha value is -0.980. The maximum atomic E-state index is 6.02. The molecule has 0 saturated heterocycles. The number of rotatable bonds is 2. The predicted octanol–water partition coefficient (Wildman–Crippen LogP) is 3.69. The minimum atomic E-state index is 0.211. The molecule has 0 bridgehead atoms. The van der Waals surface area contributed by atoms with E-state index in [0.717, 1.165) is 18.5 Å². The molecule has 0 aliphatic rings. The second kappa shape index (κ2) is 4.26. The van der Waals surface area contributed by atoms with Crippen molar-refractivity contribution >= 4 is 5.69 Å². The monoisotopic (exact) mass is 205 g/mol. The third-order valence-corrected chi connectivity index (χ3v) is 2.98. The Morgan fingerprint density at radius 1 is 1.00 bits per heavy atom. The summed E-state index contributed by atoms with van der Waals surface area (Å²) in [4.78, 5) is 0. The largest absolute Gasteiger partial charge is 0.398 e. The highest BCUT2D eigenvalue weighted by molar-refractivity contribution is 5.55. The first-order valence-electron chi connectivity index (χ1n) is 5.82. The zero-order valence-corrected chi connectivity index (χ0v) is 10.6. The first-order valence-corrected chi connectivity index (χ1v) is 5.82. The standard InChI is InChI=1S/C14H23N/c1-6-10-11(7-2)13(15)9-8-12(10)14(3,4)5/h8-9H,6-7,15H2,1-5H3. The predicted molar refractivity (Wildman–Crippen MR) is 68.3 cm³/mol. The molecule has 1 aromatic carbocycles. The summed E-state index contributed by atoms with van der Waals surface area (Å²) < 4.78 is 0. The number of benzene rings is 1. The van der Waals surface area contributed by atoms with Crippen LogP contribution in [-0.2, 0) is 18.3 Å². The quantitative estimate of drug-likeness (QED) is 0.732. The van der Waals surface area contributed by atoms with E-state index in [9.17, 15) is 0 Å². The van der Waals surface area contributed by atoms with Crippen molar-refractivity contribution in [3.63, 3.8) is 0 Å². The van der Waals surface area contributed by atoms with Crippen molar-refractivity contribution in [3.05, 3.63) is 28.8 Å². The van der Waals surface area contributed by atoms with Crippen molar-refractivity contribution in [1.82, 2.24) is 0 Å². The van der Waals surface area contributed by atoms with Gasteiger partial charge in [-0.3, -0.25) is 0 Å². The summed E-state index contributed by atoms with van der Waals surface area (Å²) >= 11 is 0. The van der Waals surface area contributed by atoms with Gasteiger partial charge in [-0.05, 0) is 41.0 Å². The minimum Gasteiger partial charge on any atom is -0.398 e. The number of nitrogens with two attached hydrogens (primary N) is 1. The Kier molecular flexibility index (Phi) is 3.43. The molecule has 1 rings (SSSR count). The van der Waals surface area contributed by atoms with E-state index in [-0.39, 0.29) is 5.41 Å². The molecule has 0 radical (unpaired) electrons. The first kappa shape index (κ1) is 12.1. The molecule has 0 aromatic heterocycles. The third kappa shape index (κ3) is 2.34. The molecule has 84 valence electrons. The zero-order valence-electron chi connectivity index (χ0n) is 10.6. The van der Waals surface area contributed by atoms with Crippen LogP contribution in [0.15, 0.2) is 12.1 Å². The van der Waals surface area contributed by atoms with E-state index in [2.05, 4.69) is 46.8 Å².